The summed E-state index contributed by atoms with van der Waals surface area (Å²) in [6.45, 7) is 2.98. The Balaban J connectivity index is 1.49. The van der Waals surface area contributed by atoms with E-state index in [-0.39, 0.29) is 5.91 Å². The van der Waals surface area contributed by atoms with Crippen molar-refractivity contribution in [2.24, 2.45) is 4.99 Å². The summed E-state index contributed by atoms with van der Waals surface area (Å²) in [4.78, 5) is 20.0. The molecule has 1 saturated heterocycles. The zero-order valence-corrected chi connectivity index (χ0v) is 23.2. The highest BCUT2D eigenvalue weighted by molar-refractivity contribution is 14.1. The van der Waals surface area contributed by atoms with Crippen LogP contribution in [0.25, 0.3) is 6.08 Å². The SMILES string of the molecule is CCN1C(=O)C(=Cc2ccc(OCc3ccc(I)cc3)c(Br)c2)SC1=Nc1ccc(OC)cc1. The minimum absolute atomic E-state index is 0.0464. The number of hydrogen-bond acceptors (Lipinski definition) is 5. The molecule has 34 heavy (non-hydrogen) atoms. The average molecular weight is 649 g/mol. The van der Waals surface area contributed by atoms with Crippen LogP contribution in [0.4, 0.5) is 5.69 Å². The van der Waals surface area contributed by atoms with Crippen LogP contribution < -0.4 is 9.47 Å². The summed E-state index contributed by atoms with van der Waals surface area (Å²) in [6, 6.07) is 21.5. The van der Waals surface area contributed by atoms with Gasteiger partial charge in [0.2, 0.25) is 0 Å². The van der Waals surface area contributed by atoms with E-state index in [0.717, 1.165) is 32.8 Å². The maximum Gasteiger partial charge on any atom is 0.266 e. The Bertz CT molecular complexity index is 1240. The number of amidine groups is 1. The number of halogens is 2. The van der Waals surface area contributed by atoms with E-state index in [1.807, 2.05) is 55.5 Å². The van der Waals surface area contributed by atoms with E-state index < -0.39 is 0 Å². The summed E-state index contributed by atoms with van der Waals surface area (Å²) in [5, 5.41) is 0.667. The quantitative estimate of drug-likeness (QED) is 0.200. The van der Waals surface area contributed by atoms with Crippen molar-refractivity contribution in [1.82, 2.24) is 4.90 Å². The molecule has 0 bridgehead atoms. The number of hydrogen-bond donors (Lipinski definition) is 0. The fourth-order valence-electron chi connectivity index (χ4n) is 3.25. The second kappa shape index (κ2) is 11.4. The Morgan fingerprint density at radius 2 is 1.82 bits per heavy atom. The molecule has 0 unspecified atom stereocenters. The molecule has 0 radical (unpaired) electrons. The monoisotopic (exact) mass is 648 g/mol. The molecule has 3 aromatic carbocycles. The highest BCUT2D eigenvalue weighted by atomic mass is 127. The Morgan fingerprint density at radius 1 is 1.09 bits per heavy atom. The number of aliphatic imine (C=N–C) groups is 1. The number of thioether (sulfide) groups is 1. The van der Waals surface area contributed by atoms with Crippen LogP contribution in [0, 0.1) is 3.57 Å². The van der Waals surface area contributed by atoms with Crippen molar-refractivity contribution in [3.05, 3.63) is 90.8 Å². The highest BCUT2D eigenvalue weighted by Crippen LogP contribution is 2.35. The molecule has 174 valence electrons. The van der Waals surface area contributed by atoms with Gasteiger partial charge < -0.3 is 9.47 Å². The highest BCUT2D eigenvalue weighted by Gasteiger charge is 2.32. The minimum Gasteiger partial charge on any atom is -0.497 e. The zero-order valence-electron chi connectivity index (χ0n) is 18.6. The van der Waals surface area contributed by atoms with E-state index >= 15 is 0 Å². The van der Waals surface area contributed by atoms with Crippen molar-refractivity contribution < 1.29 is 14.3 Å². The molecule has 1 aliphatic rings. The lowest BCUT2D eigenvalue weighted by molar-refractivity contribution is -0.122. The standard InChI is InChI=1S/C26H22BrIN2O3S/c1-3-30-25(31)24(34-26(30)29-20-9-11-21(32-2)12-10-20)15-18-6-13-23(22(27)14-18)33-16-17-4-7-19(28)8-5-17/h4-15H,3,16H2,1-2H3. The summed E-state index contributed by atoms with van der Waals surface area (Å²) in [5.74, 6) is 1.47. The van der Waals surface area contributed by atoms with Gasteiger partial charge >= 0.3 is 0 Å². The maximum atomic E-state index is 13.0. The molecule has 4 rings (SSSR count). The summed E-state index contributed by atoms with van der Waals surface area (Å²) >= 11 is 7.26. The molecule has 1 amide bonds. The van der Waals surface area contributed by atoms with E-state index in [4.69, 9.17) is 9.47 Å². The van der Waals surface area contributed by atoms with Crippen LogP contribution in [-0.4, -0.2) is 29.6 Å². The van der Waals surface area contributed by atoms with Gasteiger partial charge in [-0.3, -0.25) is 9.69 Å². The van der Waals surface area contributed by atoms with Gasteiger partial charge in [0.05, 0.1) is 22.2 Å². The smallest absolute Gasteiger partial charge is 0.266 e. The van der Waals surface area contributed by atoms with E-state index in [9.17, 15) is 4.79 Å². The second-order valence-corrected chi connectivity index (χ2v) is 10.5. The van der Waals surface area contributed by atoms with Gasteiger partial charge in [0.1, 0.15) is 18.1 Å². The van der Waals surface area contributed by atoms with Crippen LogP contribution in [0.2, 0.25) is 0 Å². The molecular weight excluding hydrogens is 627 g/mol. The third-order valence-electron chi connectivity index (χ3n) is 5.06. The van der Waals surface area contributed by atoms with Crippen LogP contribution >= 0.6 is 50.3 Å². The van der Waals surface area contributed by atoms with Gasteiger partial charge in [-0.2, -0.15) is 0 Å². The molecule has 0 aliphatic carbocycles. The van der Waals surface area contributed by atoms with Crippen molar-refractivity contribution in [1.29, 1.82) is 0 Å². The predicted molar refractivity (Wildman–Crippen MR) is 151 cm³/mol. The second-order valence-electron chi connectivity index (χ2n) is 7.36. The summed E-state index contributed by atoms with van der Waals surface area (Å²) in [7, 11) is 1.63. The lowest BCUT2D eigenvalue weighted by Gasteiger charge is -2.12. The molecule has 1 heterocycles. The first kappa shape index (κ1) is 24.8. The first-order chi connectivity index (χ1) is 16.5. The van der Waals surface area contributed by atoms with Crippen molar-refractivity contribution in [2.45, 2.75) is 13.5 Å². The molecule has 0 N–H and O–H groups in total. The summed E-state index contributed by atoms with van der Waals surface area (Å²) < 4.78 is 13.2. The van der Waals surface area contributed by atoms with Gasteiger partial charge in [-0.1, -0.05) is 18.2 Å². The molecule has 1 fully saturated rings. The van der Waals surface area contributed by atoms with Crippen molar-refractivity contribution in [3.8, 4) is 11.5 Å². The Labute approximate surface area is 225 Å². The Kier molecular flexibility index (Phi) is 8.33. The molecule has 0 saturated carbocycles. The fraction of sp³-hybridized carbons (Fsp3) is 0.154. The first-order valence-corrected chi connectivity index (χ1v) is 13.3. The fourth-order valence-corrected chi connectivity index (χ4v) is 5.19. The molecule has 5 nitrogen and oxygen atoms in total. The summed E-state index contributed by atoms with van der Waals surface area (Å²) in [5.41, 5.74) is 2.79. The number of likely N-dealkylation sites (N-methyl/N-ethyl adjacent to an activating group) is 1. The van der Waals surface area contributed by atoms with E-state index in [0.29, 0.717) is 23.2 Å². The van der Waals surface area contributed by atoms with Gasteiger partial charge in [-0.05, 0) is 123 Å². The third-order valence-corrected chi connectivity index (χ3v) is 7.41. The zero-order chi connectivity index (χ0) is 24.1. The lowest BCUT2D eigenvalue weighted by atomic mass is 10.2. The molecule has 3 aromatic rings. The van der Waals surface area contributed by atoms with Crippen molar-refractivity contribution >= 4 is 73.1 Å². The Morgan fingerprint density at radius 3 is 2.47 bits per heavy atom. The molecule has 0 atom stereocenters. The average Bonchev–Trinajstić information content (AvgIpc) is 3.13. The number of amides is 1. The number of nitrogens with zero attached hydrogens (tertiary/aromatic N) is 2. The lowest BCUT2D eigenvalue weighted by Crippen LogP contribution is -2.28. The normalized spacial score (nSPS) is 15.9. The number of ether oxygens (including phenoxy) is 2. The van der Waals surface area contributed by atoms with Gasteiger partial charge in [0.15, 0.2) is 5.17 Å². The summed E-state index contributed by atoms with van der Waals surface area (Å²) in [6.07, 6.45) is 1.89. The van der Waals surface area contributed by atoms with Crippen LogP contribution in [0.3, 0.4) is 0 Å². The van der Waals surface area contributed by atoms with Crippen molar-refractivity contribution in [2.75, 3.05) is 13.7 Å². The number of carbonyl (C=O) groups is 1. The molecule has 0 spiro atoms. The van der Waals surface area contributed by atoms with Gasteiger partial charge in [-0.15, -0.1) is 0 Å². The number of methoxy groups -OCH3 is 1. The van der Waals surface area contributed by atoms with E-state index in [2.05, 4.69) is 67.8 Å². The predicted octanol–water partition coefficient (Wildman–Crippen LogP) is 7.27. The molecule has 0 aromatic heterocycles. The maximum absolute atomic E-state index is 13.0. The van der Waals surface area contributed by atoms with E-state index in [1.54, 1.807) is 12.0 Å². The molecule has 8 heteroatoms. The number of benzene rings is 3. The van der Waals surface area contributed by atoms with Crippen LogP contribution in [0.1, 0.15) is 18.1 Å². The third kappa shape index (κ3) is 6.03. The van der Waals surface area contributed by atoms with Crippen LogP contribution in [0.15, 0.2) is 81.1 Å². The van der Waals surface area contributed by atoms with Crippen LogP contribution in [0.5, 0.6) is 11.5 Å². The minimum atomic E-state index is -0.0464. The topological polar surface area (TPSA) is 51.1 Å². The van der Waals surface area contributed by atoms with Crippen molar-refractivity contribution in [3.63, 3.8) is 0 Å². The van der Waals surface area contributed by atoms with Gasteiger partial charge in [-0.25, -0.2) is 4.99 Å². The van der Waals surface area contributed by atoms with Gasteiger partial charge in [0.25, 0.3) is 5.91 Å². The van der Waals surface area contributed by atoms with E-state index in [1.165, 1.54) is 15.3 Å². The Hall–Kier alpha value is -2.30. The van der Waals surface area contributed by atoms with Crippen LogP contribution in [-0.2, 0) is 11.4 Å². The largest absolute Gasteiger partial charge is 0.497 e. The molecule has 1 aliphatic heterocycles. The van der Waals surface area contributed by atoms with Gasteiger partial charge in [0, 0.05) is 10.1 Å². The number of carbonyl (C=O) groups excluding carboxylic acids is 1. The molecular formula is C26H22BrIN2O3S. The number of rotatable bonds is 7. The first-order valence-electron chi connectivity index (χ1n) is 10.6.